The molecule has 1 fully saturated rings. The number of hydrogen-bond donors (Lipinski definition) is 0. The summed E-state index contributed by atoms with van der Waals surface area (Å²) in [5.41, 5.74) is 0.580. The lowest BCUT2D eigenvalue weighted by molar-refractivity contribution is -0.143. The summed E-state index contributed by atoms with van der Waals surface area (Å²) in [7, 11) is -0.920. The van der Waals surface area contributed by atoms with Crippen LogP contribution >= 0.6 is 0 Å². The van der Waals surface area contributed by atoms with E-state index in [4.69, 9.17) is 4.74 Å². The third kappa shape index (κ3) is 4.05. The Morgan fingerprint density at radius 1 is 1.28 bits per heavy atom. The molecule has 0 radical (unpaired) electrons. The van der Waals surface area contributed by atoms with E-state index in [0.717, 1.165) is 9.21 Å². The van der Waals surface area contributed by atoms with Crippen LogP contribution in [0.25, 0.3) is 0 Å². The Kier molecular flexibility index (Phi) is 5.58. The van der Waals surface area contributed by atoms with Crippen LogP contribution in [-0.4, -0.2) is 62.7 Å². The van der Waals surface area contributed by atoms with Crippen molar-refractivity contribution in [3.63, 3.8) is 0 Å². The lowest BCUT2D eigenvalue weighted by atomic mass is 10.1. The maximum absolute atomic E-state index is 12.2. The highest BCUT2D eigenvalue weighted by Crippen LogP contribution is 2.19. The van der Waals surface area contributed by atoms with Crippen LogP contribution in [0.3, 0.4) is 0 Å². The third-order valence-electron chi connectivity index (χ3n) is 3.91. The van der Waals surface area contributed by atoms with Crippen LogP contribution in [0.1, 0.15) is 28.8 Å². The zero-order valence-corrected chi connectivity index (χ0v) is 15.1. The third-order valence-corrected chi connectivity index (χ3v) is 5.72. The van der Waals surface area contributed by atoms with E-state index in [1.807, 2.05) is 0 Å². The second-order valence-corrected chi connectivity index (χ2v) is 8.03. The average molecular weight is 368 g/mol. The lowest BCUT2D eigenvalue weighted by Crippen LogP contribution is -2.35. The minimum Gasteiger partial charge on any atom is -0.452 e. The standard InChI is InChI=1S/C16H20N2O6S/c1-11-6-7-12(25(22,23)17(2)3)9-13(11)16(21)24-10-15(20)18-8-4-5-14(18)19/h6-7,9H,4-5,8,10H2,1-3H3. The first-order chi connectivity index (χ1) is 11.6. The number of carbonyl (C=O) groups excluding carboxylic acids is 3. The van der Waals surface area contributed by atoms with E-state index in [2.05, 4.69) is 0 Å². The number of sulfonamides is 1. The molecule has 1 saturated heterocycles. The summed E-state index contributed by atoms with van der Waals surface area (Å²) in [4.78, 5) is 36.7. The van der Waals surface area contributed by atoms with E-state index >= 15 is 0 Å². The molecule has 0 aliphatic carbocycles. The van der Waals surface area contributed by atoms with Gasteiger partial charge in [-0.3, -0.25) is 14.5 Å². The molecule has 1 aromatic rings. The maximum Gasteiger partial charge on any atom is 0.338 e. The van der Waals surface area contributed by atoms with Gasteiger partial charge in [-0.15, -0.1) is 0 Å². The van der Waals surface area contributed by atoms with Gasteiger partial charge in [0.1, 0.15) is 0 Å². The van der Waals surface area contributed by atoms with Crippen LogP contribution in [0.5, 0.6) is 0 Å². The smallest absolute Gasteiger partial charge is 0.338 e. The van der Waals surface area contributed by atoms with E-state index in [0.29, 0.717) is 24.9 Å². The molecule has 0 atom stereocenters. The normalized spacial score (nSPS) is 14.9. The number of amides is 2. The molecule has 136 valence electrons. The van der Waals surface area contributed by atoms with Crippen LogP contribution in [0, 0.1) is 6.92 Å². The van der Waals surface area contributed by atoms with Gasteiger partial charge in [0, 0.05) is 27.1 Å². The molecule has 1 aromatic carbocycles. The van der Waals surface area contributed by atoms with Crippen molar-refractivity contribution in [3.8, 4) is 0 Å². The number of likely N-dealkylation sites (tertiary alicyclic amines) is 1. The minimum absolute atomic E-state index is 0.0453. The zero-order valence-electron chi connectivity index (χ0n) is 14.3. The van der Waals surface area contributed by atoms with Crippen molar-refractivity contribution in [1.82, 2.24) is 9.21 Å². The highest BCUT2D eigenvalue weighted by molar-refractivity contribution is 7.89. The summed E-state index contributed by atoms with van der Waals surface area (Å²) < 4.78 is 30.3. The molecule has 25 heavy (non-hydrogen) atoms. The summed E-state index contributed by atoms with van der Waals surface area (Å²) in [5.74, 6) is -1.67. The Morgan fingerprint density at radius 3 is 2.52 bits per heavy atom. The van der Waals surface area contributed by atoms with Gasteiger partial charge in [-0.25, -0.2) is 17.5 Å². The number of benzene rings is 1. The number of rotatable bonds is 5. The Hall–Kier alpha value is -2.26. The van der Waals surface area contributed by atoms with E-state index in [1.165, 1.54) is 32.3 Å². The molecule has 9 heteroatoms. The van der Waals surface area contributed by atoms with E-state index < -0.39 is 28.5 Å². The second-order valence-electron chi connectivity index (χ2n) is 5.88. The average Bonchev–Trinajstić information content (AvgIpc) is 2.98. The molecule has 0 aromatic heterocycles. The number of imide groups is 1. The SMILES string of the molecule is Cc1ccc(S(=O)(=O)N(C)C)cc1C(=O)OCC(=O)N1CCCC1=O. The van der Waals surface area contributed by atoms with Gasteiger partial charge in [0.15, 0.2) is 6.61 Å². The first-order valence-electron chi connectivity index (χ1n) is 7.68. The summed E-state index contributed by atoms with van der Waals surface area (Å²) in [6.07, 6.45) is 0.908. The quantitative estimate of drug-likeness (QED) is 0.704. The van der Waals surface area contributed by atoms with Gasteiger partial charge in [0.05, 0.1) is 10.5 Å². The minimum atomic E-state index is -3.70. The van der Waals surface area contributed by atoms with Gasteiger partial charge in [0.25, 0.3) is 5.91 Å². The topological polar surface area (TPSA) is 101 Å². The molecule has 2 amide bonds. The van der Waals surface area contributed by atoms with Crippen molar-refractivity contribution in [2.75, 3.05) is 27.2 Å². The van der Waals surface area contributed by atoms with Crippen LogP contribution in [0.2, 0.25) is 0 Å². The predicted octanol–water partition coefficient (Wildman–Crippen LogP) is 0.551. The van der Waals surface area contributed by atoms with Gasteiger partial charge >= 0.3 is 5.97 Å². The fourth-order valence-electron chi connectivity index (χ4n) is 2.39. The fourth-order valence-corrected chi connectivity index (χ4v) is 3.32. The number of aryl methyl sites for hydroxylation is 1. The largest absolute Gasteiger partial charge is 0.452 e. The summed E-state index contributed by atoms with van der Waals surface area (Å²) in [6.45, 7) is 1.40. The van der Waals surface area contributed by atoms with Gasteiger partial charge in [-0.1, -0.05) is 6.07 Å². The molecule has 1 aliphatic rings. The van der Waals surface area contributed by atoms with Crippen LogP contribution < -0.4 is 0 Å². The monoisotopic (exact) mass is 368 g/mol. The summed E-state index contributed by atoms with van der Waals surface area (Å²) in [6, 6.07) is 4.12. The Bertz CT molecular complexity index is 816. The molecule has 1 aliphatic heterocycles. The van der Waals surface area contributed by atoms with E-state index in [1.54, 1.807) is 6.92 Å². The molecule has 1 heterocycles. The van der Waals surface area contributed by atoms with Gasteiger partial charge in [-0.2, -0.15) is 0 Å². The number of hydrogen-bond acceptors (Lipinski definition) is 6. The zero-order chi connectivity index (χ0) is 18.8. The van der Waals surface area contributed by atoms with Crippen molar-refractivity contribution in [1.29, 1.82) is 0 Å². The van der Waals surface area contributed by atoms with Gasteiger partial charge < -0.3 is 4.74 Å². The molecule has 2 rings (SSSR count). The number of esters is 1. The van der Waals surface area contributed by atoms with Gasteiger partial charge in [-0.05, 0) is 31.0 Å². The van der Waals surface area contributed by atoms with Crippen molar-refractivity contribution < 1.29 is 27.5 Å². The van der Waals surface area contributed by atoms with Crippen molar-refractivity contribution in [3.05, 3.63) is 29.3 Å². The first-order valence-corrected chi connectivity index (χ1v) is 9.12. The fraction of sp³-hybridized carbons (Fsp3) is 0.438. The van der Waals surface area contributed by atoms with E-state index in [9.17, 15) is 22.8 Å². The molecule has 0 bridgehead atoms. The lowest BCUT2D eigenvalue weighted by Gasteiger charge is -2.15. The Labute approximate surface area is 146 Å². The van der Waals surface area contributed by atoms with Crippen LogP contribution in [0.4, 0.5) is 0 Å². The van der Waals surface area contributed by atoms with Gasteiger partial charge in [0.2, 0.25) is 15.9 Å². The van der Waals surface area contributed by atoms with Crippen molar-refractivity contribution in [2.24, 2.45) is 0 Å². The molecular formula is C16H20N2O6S. The molecule has 0 spiro atoms. The van der Waals surface area contributed by atoms with Crippen molar-refractivity contribution in [2.45, 2.75) is 24.7 Å². The summed E-state index contributed by atoms with van der Waals surface area (Å²) in [5, 5.41) is 0. The second kappa shape index (κ2) is 7.32. The molecule has 0 saturated carbocycles. The predicted molar refractivity (Wildman–Crippen MR) is 88.3 cm³/mol. The molecular weight excluding hydrogens is 348 g/mol. The highest BCUT2D eigenvalue weighted by Gasteiger charge is 2.27. The van der Waals surface area contributed by atoms with Crippen molar-refractivity contribution >= 4 is 27.8 Å². The highest BCUT2D eigenvalue weighted by atomic mass is 32.2. The van der Waals surface area contributed by atoms with Crippen LogP contribution in [-0.2, 0) is 24.3 Å². The number of ether oxygens (including phenoxy) is 1. The maximum atomic E-state index is 12.2. The Balaban J connectivity index is 2.14. The first kappa shape index (κ1) is 19.1. The Morgan fingerprint density at radius 2 is 1.96 bits per heavy atom. The summed E-state index contributed by atoms with van der Waals surface area (Å²) >= 11 is 0. The van der Waals surface area contributed by atoms with E-state index in [-0.39, 0.29) is 16.4 Å². The number of nitrogens with zero attached hydrogens (tertiary/aromatic N) is 2. The number of carbonyl (C=O) groups is 3. The molecule has 8 nitrogen and oxygen atoms in total. The molecule has 0 unspecified atom stereocenters. The van der Waals surface area contributed by atoms with Crippen LogP contribution in [0.15, 0.2) is 23.1 Å². The molecule has 0 N–H and O–H groups in total.